The highest BCUT2D eigenvalue weighted by molar-refractivity contribution is 5.70. The minimum absolute atomic E-state index is 0.0453. The number of unbranched alkanes of at least 4 members (excludes halogenated alkanes) is 22. The molecule has 0 amide bonds. The highest BCUT2D eigenvalue weighted by Gasteiger charge is 2.17. The lowest BCUT2D eigenvalue weighted by Crippen LogP contribution is -2.30. The molecular formula is C63H106O5. The molecule has 0 aromatic rings. The van der Waals surface area contributed by atoms with Gasteiger partial charge >= 0.3 is 11.9 Å². The summed E-state index contributed by atoms with van der Waals surface area (Å²) in [5.74, 6) is -0.478. The van der Waals surface area contributed by atoms with Gasteiger partial charge in [0.15, 0.2) is 6.10 Å². The summed E-state index contributed by atoms with van der Waals surface area (Å²) < 4.78 is 17.4. The van der Waals surface area contributed by atoms with E-state index >= 15 is 0 Å². The minimum Gasteiger partial charge on any atom is -0.462 e. The Morgan fingerprint density at radius 1 is 0.338 bits per heavy atom. The van der Waals surface area contributed by atoms with Crippen LogP contribution < -0.4 is 0 Å². The van der Waals surface area contributed by atoms with Crippen molar-refractivity contribution in [3.8, 4) is 0 Å². The van der Waals surface area contributed by atoms with E-state index in [2.05, 4.69) is 130 Å². The van der Waals surface area contributed by atoms with Crippen molar-refractivity contribution in [3.63, 3.8) is 0 Å². The summed E-state index contributed by atoms with van der Waals surface area (Å²) in [6.45, 7) is 7.53. The number of rotatable bonds is 51. The zero-order valence-corrected chi connectivity index (χ0v) is 44.6. The first-order valence-corrected chi connectivity index (χ1v) is 28.4. The summed E-state index contributed by atoms with van der Waals surface area (Å²) in [6.07, 6.45) is 79.7. The van der Waals surface area contributed by atoms with Gasteiger partial charge in [-0.25, -0.2) is 0 Å². The van der Waals surface area contributed by atoms with Gasteiger partial charge in [-0.2, -0.15) is 0 Å². The quantitative estimate of drug-likeness (QED) is 0.0345. The van der Waals surface area contributed by atoms with Gasteiger partial charge in [-0.15, -0.1) is 0 Å². The number of esters is 2. The maximum atomic E-state index is 12.9. The van der Waals surface area contributed by atoms with Crippen LogP contribution in [0.3, 0.4) is 0 Å². The van der Waals surface area contributed by atoms with E-state index in [-0.39, 0.29) is 25.2 Å². The Morgan fingerprint density at radius 3 is 1.12 bits per heavy atom. The normalized spacial score (nSPS) is 13.0. The number of ether oxygens (including phenoxy) is 3. The third-order valence-electron chi connectivity index (χ3n) is 11.8. The number of carbonyl (C=O) groups excluding carboxylic acids is 2. The molecule has 0 spiro atoms. The average molecular weight is 944 g/mol. The fraction of sp³-hybridized carbons (Fsp3) is 0.683. The van der Waals surface area contributed by atoms with Crippen LogP contribution in [0.15, 0.2) is 109 Å². The van der Waals surface area contributed by atoms with Crippen molar-refractivity contribution in [3.05, 3.63) is 109 Å². The first-order valence-electron chi connectivity index (χ1n) is 28.4. The number of hydrogen-bond acceptors (Lipinski definition) is 5. The van der Waals surface area contributed by atoms with Gasteiger partial charge in [0.2, 0.25) is 0 Å². The second-order valence-electron chi connectivity index (χ2n) is 18.4. The predicted octanol–water partition coefficient (Wildman–Crippen LogP) is 19.6. The Morgan fingerprint density at radius 2 is 0.676 bits per heavy atom. The molecule has 0 radical (unpaired) electrons. The molecule has 0 saturated heterocycles. The number of allylic oxidation sites excluding steroid dienone is 18. The van der Waals surface area contributed by atoms with Crippen LogP contribution in [0.25, 0.3) is 0 Å². The Balaban J connectivity index is 4.39. The van der Waals surface area contributed by atoms with Gasteiger partial charge in [-0.05, 0) is 116 Å². The molecule has 68 heavy (non-hydrogen) atoms. The van der Waals surface area contributed by atoms with Gasteiger partial charge in [0.25, 0.3) is 0 Å². The van der Waals surface area contributed by atoms with Crippen LogP contribution in [0.5, 0.6) is 0 Å². The molecule has 0 aliphatic carbocycles. The molecule has 0 aromatic heterocycles. The molecule has 388 valence electrons. The maximum absolute atomic E-state index is 12.9. The topological polar surface area (TPSA) is 61.8 Å². The lowest BCUT2D eigenvalue weighted by Gasteiger charge is -2.18. The van der Waals surface area contributed by atoms with Crippen molar-refractivity contribution in [2.45, 2.75) is 258 Å². The maximum Gasteiger partial charge on any atom is 0.306 e. The Kier molecular flexibility index (Phi) is 54.9. The van der Waals surface area contributed by atoms with Crippen molar-refractivity contribution in [1.29, 1.82) is 0 Å². The summed E-state index contributed by atoms with van der Waals surface area (Å²) in [6, 6.07) is 0. The Bertz CT molecular complexity index is 1340. The summed E-state index contributed by atoms with van der Waals surface area (Å²) in [5, 5.41) is 0. The molecule has 5 nitrogen and oxygen atoms in total. The fourth-order valence-electron chi connectivity index (χ4n) is 7.61. The molecule has 0 aliphatic heterocycles. The van der Waals surface area contributed by atoms with Gasteiger partial charge in [-0.1, -0.05) is 233 Å². The first kappa shape index (κ1) is 64.6. The van der Waals surface area contributed by atoms with E-state index in [1.165, 1.54) is 116 Å². The molecule has 0 N–H and O–H groups in total. The van der Waals surface area contributed by atoms with E-state index in [1.54, 1.807) is 0 Å². The molecule has 0 aliphatic rings. The van der Waals surface area contributed by atoms with Crippen molar-refractivity contribution < 1.29 is 23.8 Å². The van der Waals surface area contributed by atoms with Gasteiger partial charge < -0.3 is 14.2 Å². The predicted molar refractivity (Wildman–Crippen MR) is 297 cm³/mol. The van der Waals surface area contributed by atoms with Crippen molar-refractivity contribution in [2.24, 2.45) is 0 Å². The average Bonchev–Trinajstić information content (AvgIpc) is 3.34. The fourth-order valence-corrected chi connectivity index (χ4v) is 7.61. The number of hydrogen-bond donors (Lipinski definition) is 0. The van der Waals surface area contributed by atoms with Crippen LogP contribution in [0.1, 0.15) is 252 Å². The molecule has 0 saturated carbocycles. The van der Waals surface area contributed by atoms with Gasteiger partial charge in [0, 0.05) is 19.4 Å². The Hall–Kier alpha value is -3.44. The molecule has 0 rings (SSSR count). The van der Waals surface area contributed by atoms with Crippen LogP contribution in [0.4, 0.5) is 0 Å². The third kappa shape index (κ3) is 55.2. The molecule has 0 aromatic carbocycles. The second kappa shape index (κ2) is 57.9. The molecule has 1 atom stereocenters. The molecule has 0 fully saturated rings. The van der Waals surface area contributed by atoms with Gasteiger partial charge in [0.1, 0.15) is 6.61 Å². The highest BCUT2D eigenvalue weighted by Crippen LogP contribution is 2.14. The van der Waals surface area contributed by atoms with Gasteiger partial charge in [0.05, 0.1) is 6.61 Å². The van der Waals surface area contributed by atoms with E-state index in [0.29, 0.717) is 19.4 Å². The summed E-state index contributed by atoms with van der Waals surface area (Å²) in [5.41, 5.74) is 0. The zero-order chi connectivity index (χ0) is 49.2. The van der Waals surface area contributed by atoms with Gasteiger partial charge in [-0.3, -0.25) is 9.59 Å². The van der Waals surface area contributed by atoms with E-state index in [9.17, 15) is 9.59 Å². The SMILES string of the molecule is CC/C=C\C/C=C\C/C=C\C/C=C\C/C=C\CCCC(=O)OCC(COCCCCCCCCCC/C=C\CCCCCCCC)OC(=O)CCCCCCCCC/C=C\C/C=C\C/C=C\CC. The third-order valence-corrected chi connectivity index (χ3v) is 11.8. The van der Waals surface area contributed by atoms with Crippen LogP contribution in [-0.4, -0.2) is 37.9 Å². The monoisotopic (exact) mass is 943 g/mol. The molecule has 1 unspecified atom stereocenters. The zero-order valence-electron chi connectivity index (χ0n) is 44.6. The van der Waals surface area contributed by atoms with Crippen LogP contribution in [0.2, 0.25) is 0 Å². The van der Waals surface area contributed by atoms with Crippen LogP contribution in [0, 0.1) is 0 Å². The second-order valence-corrected chi connectivity index (χ2v) is 18.4. The lowest BCUT2D eigenvalue weighted by molar-refractivity contribution is -0.163. The molecule has 0 heterocycles. The van der Waals surface area contributed by atoms with Crippen molar-refractivity contribution in [2.75, 3.05) is 19.8 Å². The summed E-state index contributed by atoms with van der Waals surface area (Å²) >= 11 is 0. The summed E-state index contributed by atoms with van der Waals surface area (Å²) in [4.78, 5) is 25.5. The van der Waals surface area contributed by atoms with Crippen molar-refractivity contribution in [1.82, 2.24) is 0 Å². The Labute approximate surface area is 421 Å². The minimum atomic E-state index is -0.573. The largest absolute Gasteiger partial charge is 0.462 e. The standard InChI is InChI=1S/C63H106O5/c1-4-7-10-13-16-19-22-25-28-31-34-37-40-43-46-49-52-55-58-66-59-61(68-63(65)57-54-51-48-45-42-39-36-33-30-27-24-21-18-15-12-9-6-3)60-67-62(64)56-53-50-47-44-41-38-35-32-29-26-23-20-17-14-11-8-5-2/h8-9,11-12,17-18,20-21,25-30,35,38,44,47,61H,4-7,10,13-16,19,22-24,31-34,36-37,39-43,45-46,48-60H2,1-3H3/b11-8-,12-9-,20-17-,21-18-,28-25-,29-26-,30-27-,38-35-,47-44-. The smallest absolute Gasteiger partial charge is 0.306 e. The van der Waals surface area contributed by atoms with E-state index in [4.69, 9.17) is 14.2 Å². The molecule has 5 heteroatoms. The lowest BCUT2D eigenvalue weighted by atomic mass is 10.1. The highest BCUT2D eigenvalue weighted by atomic mass is 16.6. The first-order chi connectivity index (χ1) is 33.6. The van der Waals surface area contributed by atoms with E-state index < -0.39 is 6.10 Å². The van der Waals surface area contributed by atoms with Crippen molar-refractivity contribution >= 4 is 11.9 Å². The van der Waals surface area contributed by atoms with Crippen LogP contribution >= 0.6 is 0 Å². The molecular weight excluding hydrogens is 837 g/mol. The number of carbonyl (C=O) groups is 2. The van der Waals surface area contributed by atoms with E-state index in [1.807, 2.05) is 0 Å². The van der Waals surface area contributed by atoms with Crippen LogP contribution in [-0.2, 0) is 23.8 Å². The summed E-state index contributed by atoms with van der Waals surface area (Å²) in [7, 11) is 0. The molecule has 0 bridgehead atoms. The van der Waals surface area contributed by atoms with E-state index in [0.717, 1.165) is 103 Å².